The molecule has 4 rings (SSSR count). The van der Waals surface area contributed by atoms with E-state index in [4.69, 9.17) is 0 Å². The van der Waals surface area contributed by atoms with E-state index in [2.05, 4.69) is 79.7 Å². The number of hydrogen-bond acceptors (Lipinski definition) is 0. The fourth-order valence-electron chi connectivity index (χ4n) is 3.74. The average Bonchev–Trinajstić information content (AvgIpc) is 2.93. The Labute approximate surface area is 132 Å². The summed E-state index contributed by atoms with van der Waals surface area (Å²) in [5.41, 5.74) is 5.77. The third kappa shape index (κ3) is 2.07. The van der Waals surface area contributed by atoms with Gasteiger partial charge in [-0.15, -0.1) is 0 Å². The zero-order valence-electron chi connectivity index (χ0n) is 12.9. The summed E-state index contributed by atoms with van der Waals surface area (Å²) < 4.78 is 0. The predicted molar refractivity (Wildman–Crippen MR) is 95.9 cm³/mol. The number of allylic oxidation sites excluding steroid dienone is 1. The Hall–Kier alpha value is -2.34. The molecule has 1 unspecified atom stereocenters. The highest BCUT2D eigenvalue weighted by Gasteiger charge is 2.25. The molecule has 1 aliphatic rings. The second-order valence-electron chi connectivity index (χ2n) is 6.10. The lowest BCUT2D eigenvalue weighted by Crippen LogP contribution is -1.99. The van der Waals surface area contributed by atoms with Crippen molar-refractivity contribution in [3.8, 4) is 0 Å². The van der Waals surface area contributed by atoms with Crippen molar-refractivity contribution in [1.29, 1.82) is 0 Å². The zero-order valence-corrected chi connectivity index (χ0v) is 12.9. The molecule has 1 aliphatic carbocycles. The number of hydrogen-bond donors (Lipinski definition) is 0. The molecule has 0 radical (unpaired) electrons. The summed E-state index contributed by atoms with van der Waals surface area (Å²) in [7, 11) is 0. The molecule has 22 heavy (non-hydrogen) atoms. The quantitative estimate of drug-likeness (QED) is 0.531. The van der Waals surface area contributed by atoms with Crippen molar-refractivity contribution in [3.63, 3.8) is 0 Å². The Kier molecular flexibility index (Phi) is 3.31. The van der Waals surface area contributed by atoms with Crippen LogP contribution in [0, 0.1) is 0 Å². The molecule has 0 heterocycles. The van der Waals surface area contributed by atoms with Gasteiger partial charge in [-0.05, 0) is 39.5 Å². The van der Waals surface area contributed by atoms with Crippen LogP contribution in [0.2, 0.25) is 0 Å². The first-order chi connectivity index (χ1) is 10.9. The average molecular weight is 284 g/mol. The van der Waals surface area contributed by atoms with Crippen LogP contribution >= 0.6 is 0 Å². The van der Waals surface area contributed by atoms with Crippen LogP contribution < -0.4 is 0 Å². The number of rotatable bonds is 3. The lowest BCUT2D eigenvalue weighted by Gasteiger charge is -2.18. The molecule has 0 heteroatoms. The fraction of sp³-hybridized carbons (Fsp3) is 0.182. The van der Waals surface area contributed by atoms with E-state index >= 15 is 0 Å². The topological polar surface area (TPSA) is 0 Å². The molecule has 0 amide bonds. The molecule has 0 N–H and O–H groups in total. The van der Waals surface area contributed by atoms with Gasteiger partial charge < -0.3 is 0 Å². The third-order valence-corrected chi connectivity index (χ3v) is 4.74. The molecule has 0 bridgehead atoms. The van der Waals surface area contributed by atoms with Crippen molar-refractivity contribution in [3.05, 3.63) is 83.4 Å². The second-order valence-corrected chi connectivity index (χ2v) is 6.10. The van der Waals surface area contributed by atoms with Gasteiger partial charge >= 0.3 is 0 Å². The van der Waals surface area contributed by atoms with E-state index in [-0.39, 0.29) is 0 Å². The number of fused-ring (bicyclic) bond motifs is 2. The van der Waals surface area contributed by atoms with Crippen LogP contribution in [0.3, 0.4) is 0 Å². The summed E-state index contributed by atoms with van der Waals surface area (Å²) in [4.78, 5) is 0. The highest BCUT2D eigenvalue weighted by Crippen LogP contribution is 2.45. The summed E-state index contributed by atoms with van der Waals surface area (Å²) in [5, 5.41) is 2.69. The molecular weight excluding hydrogens is 264 g/mol. The molecule has 0 fully saturated rings. The van der Waals surface area contributed by atoms with Crippen molar-refractivity contribution in [2.45, 2.75) is 25.7 Å². The van der Waals surface area contributed by atoms with E-state index in [9.17, 15) is 0 Å². The standard InChI is InChI=1S/C22H20/c1-2-8-20-19-13-6-4-10-17(19)15-22(20)21-14-7-11-16-9-3-5-12-18(16)21/h3-7,9-15,20H,2,8H2,1H3. The molecule has 0 saturated carbocycles. The summed E-state index contributed by atoms with van der Waals surface area (Å²) in [6, 6.07) is 24.2. The van der Waals surface area contributed by atoms with E-state index < -0.39 is 0 Å². The Morgan fingerprint density at radius 1 is 0.818 bits per heavy atom. The Morgan fingerprint density at radius 2 is 1.59 bits per heavy atom. The van der Waals surface area contributed by atoms with Crippen LogP contribution in [-0.2, 0) is 0 Å². The second kappa shape index (κ2) is 5.46. The maximum atomic E-state index is 2.40. The normalized spacial score (nSPS) is 16.6. The van der Waals surface area contributed by atoms with Gasteiger partial charge in [-0.2, -0.15) is 0 Å². The summed E-state index contributed by atoms with van der Waals surface area (Å²) >= 11 is 0. The Bertz CT molecular complexity index is 849. The van der Waals surface area contributed by atoms with Crippen molar-refractivity contribution in [2.24, 2.45) is 0 Å². The van der Waals surface area contributed by atoms with Crippen molar-refractivity contribution < 1.29 is 0 Å². The Morgan fingerprint density at radius 3 is 2.50 bits per heavy atom. The molecular formula is C22H20. The van der Waals surface area contributed by atoms with Crippen molar-refractivity contribution in [2.75, 3.05) is 0 Å². The first kappa shape index (κ1) is 13.3. The van der Waals surface area contributed by atoms with Crippen LogP contribution in [0.4, 0.5) is 0 Å². The summed E-state index contributed by atoms with van der Waals surface area (Å²) in [5.74, 6) is 0.534. The fourth-order valence-corrected chi connectivity index (χ4v) is 3.74. The smallest absolute Gasteiger partial charge is 0.0101 e. The molecule has 1 atom stereocenters. The zero-order chi connectivity index (χ0) is 14.9. The molecule has 0 saturated heterocycles. The minimum Gasteiger partial charge on any atom is -0.0653 e. The lowest BCUT2D eigenvalue weighted by molar-refractivity contribution is 0.737. The molecule has 0 aliphatic heterocycles. The third-order valence-electron chi connectivity index (χ3n) is 4.74. The molecule has 0 nitrogen and oxygen atoms in total. The molecule has 0 spiro atoms. The largest absolute Gasteiger partial charge is 0.0653 e. The maximum absolute atomic E-state index is 2.40. The van der Waals surface area contributed by atoms with Gasteiger partial charge in [0.25, 0.3) is 0 Å². The van der Waals surface area contributed by atoms with E-state index in [1.54, 1.807) is 0 Å². The highest BCUT2D eigenvalue weighted by atomic mass is 14.3. The Balaban J connectivity index is 1.91. The van der Waals surface area contributed by atoms with E-state index in [1.807, 2.05) is 0 Å². The van der Waals surface area contributed by atoms with E-state index in [1.165, 1.54) is 45.9 Å². The summed E-state index contributed by atoms with van der Waals surface area (Å²) in [6.07, 6.45) is 4.82. The molecule has 0 aromatic heterocycles. The van der Waals surface area contributed by atoms with Gasteiger partial charge in [0.05, 0.1) is 0 Å². The van der Waals surface area contributed by atoms with Crippen LogP contribution in [0.15, 0.2) is 66.7 Å². The lowest BCUT2D eigenvalue weighted by atomic mass is 9.86. The molecule has 108 valence electrons. The van der Waals surface area contributed by atoms with E-state index in [0.29, 0.717) is 5.92 Å². The van der Waals surface area contributed by atoms with Gasteiger partial charge in [0.1, 0.15) is 0 Å². The van der Waals surface area contributed by atoms with Gasteiger partial charge in [0, 0.05) is 5.92 Å². The minimum absolute atomic E-state index is 0.534. The maximum Gasteiger partial charge on any atom is 0.0101 e. The monoisotopic (exact) mass is 284 g/mol. The van der Waals surface area contributed by atoms with Crippen molar-refractivity contribution in [1.82, 2.24) is 0 Å². The highest BCUT2D eigenvalue weighted by molar-refractivity contribution is 6.01. The molecule has 3 aromatic rings. The van der Waals surface area contributed by atoms with Gasteiger partial charge in [0.2, 0.25) is 0 Å². The van der Waals surface area contributed by atoms with Gasteiger partial charge in [0.15, 0.2) is 0 Å². The summed E-state index contributed by atoms with van der Waals surface area (Å²) in [6.45, 7) is 2.28. The SMILES string of the molecule is CCCC1C(c2cccc3ccccc23)=Cc2ccccc21. The van der Waals surface area contributed by atoms with E-state index in [0.717, 1.165) is 0 Å². The predicted octanol–water partition coefficient (Wildman–Crippen LogP) is 6.28. The minimum atomic E-state index is 0.534. The number of benzene rings is 3. The van der Waals surface area contributed by atoms with Gasteiger partial charge in [-0.3, -0.25) is 0 Å². The van der Waals surface area contributed by atoms with Crippen LogP contribution in [0.5, 0.6) is 0 Å². The van der Waals surface area contributed by atoms with Crippen LogP contribution in [-0.4, -0.2) is 0 Å². The van der Waals surface area contributed by atoms with Crippen LogP contribution in [0.25, 0.3) is 22.4 Å². The van der Waals surface area contributed by atoms with Gasteiger partial charge in [-0.1, -0.05) is 86.2 Å². The first-order valence-electron chi connectivity index (χ1n) is 8.17. The van der Waals surface area contributed by atoms with Crippen LogP contribution in [0.1, 0.15) is 42.4 Å². The van der Waals surface area contributed by atoms with Gasteiger partial charge in [-0.25, -0.2) is 0 Å². The molecule has 3 aromatic carbocycles. The van der Waals surface area contributed by atoms with Crippen molar-refractivity contribution >= 4 is 22.4 Å². The first-order valence-corrected chi connectivity index (χ1v) is 8.17.